The first-order valence-corrected chi connectivity index (χ1v) is 20.4. The molecule has 0 spiro atoms. The lowest BCUT2D eigenvalue weighted by Crippen LogP contribution is -2.46. The highest BCUT2D eigenvalue weighted by molar-refractivity contribution is 5.82. The summed E-state index contributed by atoms with van der Waals surface area (Å²) in [6, 6.07) is 32.6. The van der Waals surface area contributed by atoms with Crippen LogP contribution < -0.4 is 37.6 Å². The van der Waals surface area contributed by atoms with Gasteiger partial charge in [0.1, 0.15) is 19.3 Å². The molecular weight excluding hydrogens is 815 g/mol. The largest absolute Gasteiger partial charge is 0.453 e. The minimum atomic E-state index is -0.974. The molecule has 18 nitrogen and oxygen atoms in total. The Morgan fingerprint density at radius 1 is 0.524 bits per heavy atom. The third-order valence-electron chi connectivity index (χ3n) is 9.89. The van der Waals surface area contributed by atoms with Gasteiger partial charge in [0.2, 0.25) is 5.91 Å². The fourth-order valence-electron chi connectivity index (χ4n) is 7.05. The third-order valence-corrected chi connectivity index (χ3v) is 9.89. The molecule has 0 aromatic heterocycles. The number of carbonyl (C=O) groups is 6. The minimum absolute atomic E-state index is 0.0644. The molecule has 0 saturated heterocycles. The zero-order chi connectivity index (χ0) is 45.0. The van der Waals surface area contributed by atoms with Gasteiger partial charge in [-0.3, -0.25) is 4.79 Å². The number of benzene rings is 4. The summed E-state index contributed by atoms with van der Waals surface area (Å²) in [7, 11) is 1.17. The van der Waals surface area contributed by atoms with E-state index in [0.717, 1.165) is 22.3 Å². The van der Waals surface area contributed by atoms with Gasteiger partial charge in [0.15, 0.2) is 0 Å². The Balaban J connectivity index is 0.000000295. The summed E-state index contributed by atoms with van der Waals surface area (Å²) < 4.78 is 25.1. The van der Waals surface area contributed by atoms with Gasteiger partial charge in [-0.1, -0.05) is 97.1 Å². The summed E-state index contributed by atoms with van der Waals surface area (Å²) in [5.74, 6) is -0.498. The number of nitrogens with one attached hydrogen (secondary N) is 6. The van der Waals surface area contributed by atoms with E-state index in [-0.39, 0.29) is 51.2 Å². The molecule has 2 aliphatic carbocycles. The number of hydrogen-bond acceptors (Lipinski definition) is 12. The van der Waals surface area contributed by atoms with Crippen LogP contribution >= 0.6 is 0 Å². The maximum Gasteiger partial charge on any atom is 0.407 e. The van der Waals surface area contributed by atoms with Crippen LogP contribution in [-0.2, 0) is 28.5 Å². The van der Waals surface area contributed by atoms with Gasteiger partial charge in [0.05, 0.1) is 33.4 Å². The number of rotatable bonds is 17. The number of fused-ring (bicyclic) bond motifs is 6. The van der Waals surface area contributed by atoms with E-state index in [0.29, 0.717) is 19.7 Å². The van der Waals surface area contributed by atoms with E-state index in [2.05, 4.69) is 73.0 Å². The Bertz CT molecular complexity index is 2110. The van der Waals surface area contributed by atoms with Crippen LogP contribution in [0.25, 0.3) is 22.3 Å². The van der Waals surface area contributed by atoms with Crippen molar-refractivity contribution in [2.24, 2.45) is 5.73 Å². The van der Waals surface area contributed by atoms with E-state index in [1.165, 1.54) is 29.4 Å². The van der Waals surface area contributed by atoms with Crippen molar-refractivity contribution < 1.29 is 52.5 Å². The van der Waals surface area contributed by atoms with Crippen molar-refractivity contribution in [3.63, 3.8) is 0 Å². The molecule has 0 aliphatic heterocycles. The molecule has 0 bridgehead atoms. The predicted molar refractivity (Wildman–Crippen MR) is 232 cm³/mol. The van der Waals surface area contributed by atoms with Crippen molar-refractivity contribution in [1.82, 2.24) is 31.9 Å². The zero-order valence-corrected chi connectivity index (χ0v) is 35.1. The number of hydrogen-bond donors (Lipinski definition) is 7. The van der Waals surface area contributed by atoms with E-state index in [1.807, 2.05) is 60.7 Å². The lowest BCUT2D eigenvalue weighted by Gasteiger charge is -2.19. The summed E-state index contributed by atoms with van der Waals surface area (Å²) in [5, 5.41) is 14.8. The van der Waals surface area contributed by atoms with Crippen LogP contribution in [0.1, 0.15) is 41.0 Å². The molecule has 4 aromatic rings. The second kappa shape index (κ2) is 24.2. The molecule has 1 unspecified atom stereocenters. The number of alkyl carbamates (subject to hydrolysis) is 5. The van der Waals surface area contributed by atoms with E-state index < -0.39 is 49.0 Å². The topological polar surface area (TPSA) is 247 Å². The molecule has 4 aromatic carbocycles. The van der Waals surface area contributed by atoms with Crippen LogP contribution in [0.3, 0.4) is 0 Å². The molecule has 1 atom stereocenters. The van der Waals surface area contributed by atoms with Gasteiger partial charge in [-0.15, -0.1) is 0 Å². The predicted octanol–water partition coefficient (Wildman–Crippen LogP) is 4.32. The van der Waals surface area contributed by atoms with Crippen LogP contribution in [0.5, 0.6) is 0 Å². The Hall–Kier alpha value is -7.34. The Morgan fingerprint density at radius 3 is 1.38 bits per heavy atom. The SMILES string of the molecule is CCOC(=O)NCC(CNC(=O)OC)OC(=O)NCC(=O)NCCNC(=O)OCC1c2ccccc2-c2ccccc21.NCCNC(=O)OCC1c2ccccc2-c2ccccc21. The lowest BCUT2D eigenvalue weighted by atomic mass is 9.98. The summed E-state index contributed by atoms with van der Waals surface area (Å²) in [5.41, 5.74) is 14.7. The van der Waals surface area contributed by atoms with Crippen molar-refractivity contribution in [1.29, 1.82) is 0 Å². The van der Waals surface area contributed by atoms with Crippen molar-refractivity contribution >= 4 is 36.4 Å². The molecule has 334 valence electrons. The van der Waals surface area contributed by atoms with Crippen molar-refractivity contribution in [2.45, 2.75) is 24.9 Å². The van der Waals surface area contributed by atoms with Gasteiger partial charge in [-0.25, -0.2) is 24.0 Å². The molecule has 18 heteroatoms. The average molecular weight is 868 g/mol. The molecule has 6 rings (SSSR count). The molecule has 0 radical (unpaired) electrons. The number of nitrogens with two attached hydrogens (primary N) is 1. The second-order valence-electron chi connectivity index (χ2n) is 14.0. The summed E-state index contributed by atoms with van der Waals surface area (Å²) in [4.78, 5) is 70.9. The molecular formula is C45H53N7O11. The lowest BCUT2D eigenvalue weighted by molar-refractivity contribution is -0.120. The van der Waals surface area contributed by atoms with E-state index >= 15 is 0 Å². The number of methoxy groups -OCH3 is 1. The van der Waals surface area contributed by atoms with Gasteiger partial charge in [-0.2, -0.15) is 0 Å². The van der Waals surface area contributed by atoms with E-state index in [1.54, 1.807) is 6.92 Å². The molecule has 2 aliphatic rings. The fraction of sp³-hybridized carbons (Fsp3) is 0.333. The first-order chi connectivity index (χ1) is 30.6. The maximum absolute atomic E-state index is 12.2. The molecule has 0 fully saturated rings. The first-order valence-electron chi connectivity index (χ1n) is 20.4. The van der Waals surface area contributed by atoms with Crippen LogP contribution in [0.4, 0.5) is 24.0 Å². The Labute approximate surface area is 364 Å². The quantitative estimate of drug-likeness (QED) is 0.0580. The van der Waals surface area contributed by atoms with Gasteiger partial charge in [0.25, 0.3) is 0 Å². The van der Waals surface area contributed by atoms with Gasteiger partial charge >= 0.3 is 30.5 Å². The minimum Gasteiger partial charge on any atom is -0.453 e. The molecule has 63 heavy (non-hydrogen) atoms. The fourth-order valence-corrected chi connectivity index (χ4v) is 7.05. The average Bonchev–Trinajstić information content (AvgIpc) is 3.80. The highest BCUT2D eigenvalue weighted by atomic mass is 16.6. The maximum atomic E-state index is 12.2. The van der Waals surface area contributed by atoms with Crippen LogP contribution in [-0.4, -0.2) is 115 Å². The Morgan fingerprint density at radius 2 is 0.937 bits per heavy atom. The summed E-state index contributed by atoms with van der Waals surface area (Å²) >= 11 is 0. The normalized spacial score (nSPS) is 12.2. The summed E-state index contributed by atoms with van der Waals surface area (Å²) in [6.07, 6.45) is -4.44. The van der Waals surface area contributed by atoms with Crippen LogP contribution in [0, 0.1) is 0 Å². The van der Waals surface area contributed by atoms with Crippen LogP contribution in [0.15, 0.2) is 97.1 Å². The molecule has 6 amide bonds. The Kier molecular flexibility index (Phi) is 17.9. The van der Waals surface area contributed by atoms with E-state index in [4.69, 9.17) is 24.7 Å². The zero-order valence-electron chi connectivity index (χ0n) is 35.1. The third kappa shape index (κ3) is 13.6. The van der Waals surface area contributed by atoms with Crippen molar-refractivity contribution in [2.75, 3.05) is 72.7 Å². The smallest absolute Gasteiger partial charge is 0.407 e. The molecule has 0 saturated carbocycles. The summed E-state index contributed by atoms with van der Waals surface area (Å²) in [6.45, 7) is 2.57. The highest BCUT2D eigenvalue weighted by Crippen LogP contribution is 2.45. The standard InChI is InChI=1S/C28H35N5O9.C17H18N2O2/c1-3-40-27(37)32-15-18(14-31-25(35)39-2)42-28(38)33-16-24(34)29-12-13-30-26(36)41-17-23-21-10-6-4-8-19(21)20-9-5-7-11-22(20)23;18-9-10-19-17(20)21-11-16-14-7-3-1-5-12(14)13-6-2-4-8-15(13)16/h4-11,18,23H,3,12-17H2,1-2H3,(H,29,34)(H,30,36)(H,31,35)(H,32,37)(H,33,38);1-8,16H,9-11,18H2,(H,19,20). The number of ether oxygens (including phenoxy) is 5. The second-order valence-corrected chi connectivity index (χ2v) is 14.0. The van der Waals surface area contributed by atoms with Gasteiger partial charge in [-0.05, 0) is 51.4 Å². The van der Waals surface area contributed by atoms with E-state index in [9.17, 15) is 28.8 Å². The molecule has 8 N–H and O–H groups in total. The van der Waals surface area contributed by atoms with Crippen molar-refractivity contribution in [3.8, 4) is 22.3 Å². The number of amides is 6. The molecule has 0 heterocycles. The van der Waals surface area contributed by atoms with Crippen LogP contribution in [0.2, 0.25) is 0 Å². The first kappa shape index (κ1) is 46.7. The van der Waals surface area contributed by atoms with Gasteiger partial charge in [0, 0.05) is 38.0 Å². The van der Waals surface area contributed by atoms with Crippen molar-refractivity contribution in [3.05, 3.63) is 119 Å². The highest BCUT2D eigenvalue weighted by Gasteiger charge is 2.30. The van der Waals surface area contributed by atoms with Gasteiger partial charge < -0.3 is 61.3 Å². The number of carbonyl (C=O) groups excluding carboxylic acids is 6. The monoisotopic (exact) mass is 867 g/mol.